The molecule has 0 amide bonds. The Kier molecular flexibility index (Phi) is 0.902. The van der Waals surface area contributed by atoms with E-state index in [0.29, 0.717) is 0 Å². The quantitative estimate of drug-likeness (QED) is 0.558. The van der Waals surface area contributed by atoms with Crippen LogP contribution in [0.4, 0.5) is 0 Å². The van der Waals surface area contributed by atoms with Crippen molar-refractivity contribution in [1.82, 2.24) is 4.98 Å². The lowest BCUT2D eigenvalue weighted by Gasteiger charge is -1.90. The molecule has 0 aromatic carbocycles. The minimum absolute atomic E-state index is 0.258. The Hall–Kier alpha value is -1.02. The van der Waals surface area contributed by atoms with E-state index < -0.39 is 0 Å². The van der Waals surface area contributed by atoms with Gasteiger partial charge in [0.15, 0.2) is 0 Å². The maximum atomic E-state index is 3.28. The number of hydrogen-bond donors (Lipinski definition) is 1. The number of hydrogen-bond acceptors (Lipinski definition) is 0. The molecule has 0 radical (unpaired) electrons. The highest BCUT2D eigenvalue weighted by Gasteiger charge is 2.09. The fourth-order valence-corrected chi connectivity index (χ4v) is 3.31. The fourth-order valence-electron chi connectivity index (χ4n) is 1.49. The average molecular weight is 161 g/mol. The molecule has 1 nitrogen and oxygen atoms in total. The first-order chi connectivity index (χ1) is 5.45. The van der Waals surface area contributed by atoms with E-state index in [9.17, 15) is 0 Å². The summed E-state index contributed by atoms with van der Waals surface area (Å²) in [5.74, 6) is 0. The topological polar surface area (TPSA) is 15.8 Å². The van der Waals surface area contributed by atoms with Crippen LogP contribution in [0.5, 0.6) is 0 Å². The van der Waals surface area contributed by atoms with Gasteiger partial charge in [-0.3, -0.25) is 0 Å². The Morgan fingerprint density at radius 1 is 1.36 bits per heavy atom. The number of H-pyrrole nitrogens is 1. The second kappa shape index (κ2) is 1.77. The van der Waals surface area contributed by atoms with Gasteiger partial charge < -0.3 is 4.98 Å². The summed E-state index contributed by atoms with van der Waals surface area (Å²) in [5.41, 5.74) is 0. The van der Waals surface area contributed by atoms with Crippen molar-refractivity contribution in [3.05, 3.63) is 44.6 Å². The summed E-state index contributed by atoms with van der Waals surface area (Å²) in [7, 11) is 0.258. The van der Waals surface area contributed by atoms with Gasteiger partial charge in [-0.1, -0.05) is 6.08 Å². The first-order valence-corrected chi connectivity index (χ1v) is 4.88. The molecule has 0 spiro atoms. The van der Waals surface area contributed by atoms with E-state index in [0.717, 1.165) is 0 Å². The summed E-state index contributed by atoms with van der Waals surface area (Å²) in [6.45, 7) is 0. The predicted octanol–water partition coefficient (Wildman–Crippen LogP) is 1.74. The Morgan fingerprint density at radius 2 is 2.36 bits per heavy atom. The number of aromatic amines is 1. The predicted molar refractivity (Wildman–Crippen MR) is 48.5 cm³/mol. The van der Waals surface area contributed by atoms with Crippen molar-refractivity contribution in [1.29, 1.82) is 0 Å². The van der Waals surface area contributed by atoms with Crippen LogP contribution in [0.15, 0.2) is 34.7 Å². The van der Waals surface area contributed by atoms with Crippen LogP contribution >= 0.6 is 10.5 Å². The standard InChI is InChI=1S/C9H7NS/c1-2-8-6-7-3-4-10-9(7)11(8)5-1/h1-6,10H. The third-order valence-corrected chi connectivity index (χ3v) is 3.97. The Morgan fingerprint density at radius 3 is 3.36 bits per heavy atom. The lowest BCUT2D eigenvalue weighted by Crippen LogP contribution is -1.90. The minimum atomic E-state index is 0.258. The molecule has 3 rings (SSSR count). The Labute approximate surface area is 66.7 Å². The summed E-state index contributed by atoms with van der Waals surface area (Å²) in [6, 6.07) is 2.13. The van der Waals surface area contributed by atoms with Gasteiger partial charge in [-0.25, -0.2) is 0 Å². The van der Waals surface area contributed by atoms with Gasteiger partial charge in [0.25, 0.3) is 0 Å². The second-order valence-corrected chi connectivity index (χ2v) is 4.47. The van der Waals surface area contributed by atoms with E-state index in [-0.39, 0.29) is 10.5 Å². The first kappa shape index (κ1) is 5.61. The maximum absolute atomic E-state index is 3.28. The highest BCUT2D eigenvalue weighted by atomic mass is 32.2. The molecule has 1 N–H and O–H groups in total. The number of nitrogens with one attached hydrogen (secondary N) is 1. The molecule has 1 aromatic heterocycles. The van der Waals surface area contributed by atoms with Gasteiger partial charge in [0, 0.05) is 16.3 Å². The summed E-state index contributed by atoms with van der Waals surface area (Å²) in [6.07, 6.45) is 8.60. The van der Waals surface area contributed by atoms with E-state index in [1.54, 1.807) is 0 Å². The van der Waals surface area contributed by atoms with Crippen molar-refractivity contribution in [2.75, 3.05) is 0 Å². The van der Waals surface area contributed by atoms with E-state index in [1.807, 2.05) is 6.20 Å². The minimum Gasteiger partial charge on any atom is -0.356 e. The fraction of sp³-hybridized carbons (Fsp3) is 0. The third-order valence-electron chi connectivity index (χ3n) is 1.99. The molecule has 0 aliphatic carbocycles. The molecule has 2 heteroatoms. The average Bonchev–Trinajstić information content (AvgIpc) is 2.52. The normalized spacial score (nSPS) is 24.4. The molecule has 2 aliphatic heterocycles. The van der Waals surface area contributed by atoms with Crippen LogP contribution in [0.1, 0.15) is 0 Å². The highest BCUT2D eigenvalue weighted by Crippen LogP contribution is 2.37. The lowest BCUT2D eigenvalue weighted by atomic mass is 10.4. The van der Waals surface area contributed by atoms with Crippen LogP contribution in [0.3, 0.4) is 0 Å². The molecule has 3 heterocycles. The molecule has 0 bridgehead atoms. The van der Waals surface area contributed by atoms with Crippen LogP contribution in [0, 0.1) is 4.64 Å². The smallest absolute Gasteiger partial charge is 0.0785 e. The van der Waals surface area contributed by atoms with E-state index in [1.165, 1.54) is 14.8 Å². The van der Waals surface area contributed by atoms with Crippen molar-refractivity contribution in [2.24, 2.45) is 0 Å². The molecule has 0 saturated carbocycles. The van der Waals surface area contributed by atoms with Gasteiger partial charge in [-0.15, -0.1) is 10.5 Å². The maximum Gasteiger partial charge on any atom is 0.0785 e. The summed E-state index contributed by atoms with van der Waals surface area (Å²) in [5, 5.41) is 3.62. The van der Waals surface area contributed by atoms with Crippen molar-refractivity contribution >= 4 is 16.6 Å². The van der Waals surface area contributed by atoms with Gasteiger partial charge in [-0.05, 0) is 23.6 Å². The van der Waals surface area contributed by atoms with Gasteiger partial charge >= 0.3 is 0 Å². The Balaban J connectivity index is 2.64. The van der Waals surface area contributed by atoms with Crippen molar-refractivity contribution in [2.45, 2.75) is 0 Å². The third kappa shape index (κ3) is 0.601. The number of fused-ring (bicyclic) bond motifs is 2. The molecule has 2 aliphatic rings. The highest BCUT2D eigenvalue weighted by molar-refractivity contribution is 8.16. The molecular weight excluding hydrogens is 154 g/mol. The van der Waals surface area contributed by atoms with Crippen molar-refractivity contribution in [3.8, 4) is 0 Å². The summed E-state index contributed by atoms with van der Waals surface area (Å²) in [4.78, 5) is 4.73. The SMILES string of the molecule is C1=CS2=c3[nH]ccc3=CC2=C1. The molecule has 1 aromatic rings. The largest absolute Gasteiger partial charge is 0.356 e. The molecular formula is C9H7NS. The zero-order valence-electron chi connectivity index (χ0n) is 5.87. The van der Waals surface area contributed by atoms with E-state index in [4.69, 9.17) is 0 Å². The number of aromatic nitrogens is 1. The molecule has 1 atom stereocenters. The zero-order chi connectivity index (χ0) is 7.26. The molecule has 0 fully saturated rings. The Bertz CT molecular complexity index is 488. The lowest BCUT2D eigenvalue weighted by molar-refractivity contribution is 1.37. The molecule has 0 saturated heterocycles. The van der Waals surface area contributed by atoms with E-state index in [2.05, 4.69) is 34.7 Å². The molecule has 11 heavy (non-hydrogen) atoms. The van der Waals surface area contributed by atoms with Crippen LogP contribution < -0.4 is 5.22 Å². The summed E-state index contributed by atoms with van der Waals surface area (Å²) < 4.78 is 1.38. The van der Waals surface area contributed by atoms with Crippen LogP contribution in [0.25, 0.3) is 6.08 Å². The number of rotatable bonds is 0. The second-order valence-electron chi connectivity index (χ2n) is 2.64. The van der Waals surface area contributed by atoms with E-state index >= 15 is 0 Å². The summed E-state index contributed by atoms with van der Waals surface area (Å²) >= 11 is 0. The zero-order valence-corrected chi connectivity index (χ0v) is 6.69. The van der Waals surface area contributed by atoms with Crippen LogP contribution in [0.2, 0.25) is 0 Å². The van der Waals surface area contributed by atoms with Gasteiger partial charge in [-0.2, -0.15) is 0 Å². The van der Waals surface area contributed by atoms with Crippen molar-refractivity contribution < 1.29 is 0 Å². The van der Waals surface area contributed by atoms with Crippen LogP contribution in [-0.2, 0) is 0 Å². The van der Waals surface area contributed by atoms with Crippen molar-refractivity contribution in [3.63, 3.8) is 0 Å². The monoisotopic (exact) mass is 161 g/mol. The van der Waals surface area contributed by atoms with Gasteiger partial charge in [0.2, 0.25) is 0 Å². The first-order valence-electron chi connectivity index (χ1n) is 3.59. The molecule has 1 unspecified atom stereocenters. The van der Waals surface area contributed by atoms with Crippen LogP contribution in [-0.4, -0.2) is 4.98 Å². The number of allylic oxidation sites excluding steroid dienone is 3. The molecule has 54 valence electrons. The van der Waals surface area contributed by atoms with Gasteiger partial charge in [0.05, 0.1) is 4.64 Å². The van der Waals surface area contributed by atoms with Gasteiger partial charge in [0.1, 0.15) is 0 Å².